The maximum atomic E-state index is 13.8. The Kier molecular flexibility index (Phi) is 7.63. The summed E-state index contributed by atoms with van der Waals surface area (Å²) in [6.45, 7) is 1.02. The van der Waals surface area contributed by atoms with Crippen molar-refractivity contribution in [3.63, 3.8) is 0 Å². The number of hydrogen-bond acceptors (Lipinski definition) is 6. The summed E-state index contributed by atoms with van der Waals surface area (Å²) < 4.78 is 38.0. The Hall–Kier alpha value is -4.21. The van der Waals surface area contributed by atoms with Gasteiger partial charge < -0.3 is 14.4 Å². The Balaban J connectivity index is 1.39. The van der Waals surface area contributed by atoms with Gasteiger partial charge in [-0.3, -0.25) is 4.79 Å². The zero-order valence-electron chi connectivity index (χ0n) is 21.8. The summed E-state index contributed by atoms with van der Waals surface area (Å²) in [5.41, 5.74) is 3.44. The van der Waals surface area contributed by atoms with E-state index in [4.69, 9.17) is 14.5 Å². The largest absolute Gasteiger partial charge is 0.493 e. The molecule has 1 aliphatic rings. The van der Waals surface area contributed by atoms with Gasteiger partial charge in [0, 0.05) is 42.5 Å². The highest BCUT2D eigenvalue weighted by atomic mass is 32.2. The van der Waals surface area contributed by atoms with E-state index in [0.29, 0.717) is 41.4 Å². The van der Waals surface area contributed by atoms with Crippen molar-refractivity contribution in [1.82, 2.24) is 14.2 Å². The van der Waals surface area contributed by atoms with Crippen LogP contribution >= 0.6 is 0 Å². The fourth-order valence-electron chi connectivity index (χ4n) is 4.63. The summed E-state index contributed by atoms with van der Waals surface area (Å²) in [6, 6.07) is 24.1. The molecule has 8 nitrogen and oxygen atoms in total. The Labute approximate surface area is 228 Å². The van der Waals surface area contributed by atoms with Crippen molar-refractivity contribution in [2.45, 2.75) is 0 Å². The van der Waals surface area contributed by atoms with Crippen LogP contribution in [0.5, 0.6) is 11.5 Å². The third-order valence-corrected chi connectivity index (χ3v) is 8.31. The van der Waals surface area contributed by atoms with E-state index in [2.05, 4.69) is 0 Å². The monoisotopic (exact) mass is 543 g/mol. The summed E-state index contributed by atoms with van der Waals surface area (Å²) in [7, 11) is -0.455. The Morgan fingerprint density at radius 2 is 1.54 bits per heavy atom. The zero-order chi connectivity index (χ0) is 27.4. The van der Waals surface area contributed by atoms with Crippen molar-refractivity contribution < 1.29 is 22.7 Å². The first-order valence-electron chi connectivity index (χ1n) is 12.5. The molecule has 0 aliphatic carbocycles. The third-order valence-electron chi connectivity index (χ3n) is 6.74. The number of rotatable bonds is 7. The van der Waals surface area contributed by atoms with Crippen LogP contribution in [-0.4, -0.2) is 68.9 Å². The molecule has 0 N–H and O–H groups in total. The Morgan fingerprint density at radius 3 is 2.26 bits per heavy atom. The number of methoxy groups -OCH3 is 2. The van der Waals surface area contributed by atoms with Gasteiger partial charge in [-0.2, -0.15) is 4.31 Å². The van der Waals surface area contributed by atoms with Gasteiger partial charge in [0.1, 0.15) is 0 Å². The number of aromatic nitrogens is 1. The molecule has 0 spiro atoms. The molecular formula is C30H29N3O5S. The number of fused-ring (bicyclic) bond motifs is 1. The van der Waals surface area contributed by atoms with Crippen LogP contribution in [0.4, 0.5) is 0 Å². The predicted octanol–water partition coefficient (Wildman–Crippen LogP) is 4.68. The first kappa shape index (κ1) is 26.4. The number of hydrogen-bond donors (Lipinski definition) is 0. The van der Waals surface area contributed by atoms with E-state index in [1.807, 2.05) is 66.7 Å². The Morgan fingerprint density at radius 1 is 0.846 bits per heavy atom. The molecule has 1 fully saturated rings. The van der Waals surface area contributed by atoms with Crippen molar-refractivity contribution in [3.05, 3.63) is 95.4 Å². The summed E-state index contributed by atoms with van der Waals surface area (Å²) >= 11 is 0. The molecule has 1 amide bonds. The highest BCUT2D eigenvalue weighted by Gasteiger charge is 2.29. The second-order valence-corrected chi connectivity index (χ2v) is 10.9. The molecule has 5 rings (SSSR count). The SMILES string of the molecule is COc1ccc(-c2cc(C(=O)N3CCN(S(=O)(=O)/C=C/c4ccccc4)CC3)c3ccccc3n2)cc1OC. The molecule has 1 aliphatic heterocycles. The highest BCUT2D eigenvalue weighted by Crippen LogP contribution is 2.33. The second-order valence-electron chi connectivity index (χ2n) is 9.09. The fourth-order valence-corrected chi connectivity index (χ4v) is 5.80. The van der Waals surface area contributed by atoms with Crippen LogP contribution in [0.2, 0.25) is 0 Å². The van der Waals surface area contributed by atoms with Gasteiger partial charge in [0.25, 0.3) is 5.91 Å². The first-order chi connectivity index (χ1) is 18.9. The van der Waals surface area contributed by atoms with Crippen LogP contribution in [0.1, 0.15) is 15.9 Å². The summed E-state index contributed by atoms with van der Waals surface area (Å²) in [4.78, 5) is 20.3. The molecule has 0 saturated carbocycles. The molecule has 1 saturated heterocycles. The van der Waals surface area contributed by atoms with E-state index >= 15 is 0 Å². The number of sulfonamides is 1. The summed E-state index contributed by atoms with van der Waals surface area (Å²) in [5, 5.41) is 1.97. The lowest BCUT2D eigenvalue weighted by molar-refractivity contribution is 0.0700. The van der Waals surface area contributed by atoms with Gasteiger partial charge in [0.15, 0.2) is 11.5 Å². The minimum atomic E-state index is -3.60. The third kappa shape index (κ3) is 5.64. The predicted molar refractivity (Wildman–Crippen MR) is 152 cm³/mol. The number of nitrogens with zero attached hydrogens (tertiary/aromatic N) is 3. The van der Waals surface area contributed by atoms with Crippen LogP contribution in [0.25, 0.3) is 28.2 Å². The van der Waals surface area contributed by atoms with Crippen LogP contribution in [0, 0.1) is 0 Å². The molecular weight excluding hydrogens is 514 g/mol. The lowest BCUT2D eigenvalue weighted by Gasteiger charge is -2.33. The number of para-hydroxylation sites is 1. The van der Waals surface area contributed by atoms with Crippen molar-refractivity contribution >= 4 is 32.9 Å². The molecule has 1 aromatic heterocycles. The van der Waals surface area contributed by atoms with E-state index < -0.39 is 10.0 Å². The topological polar surface area (TPSA) is 89.0 Å². The number of amides is 1. The lowest BCUT2D eigenvalue weighted by Crippen LogP contribution is -2.50. The van der Waals surface area contributed by atoms with Crippen LogP contribution in [0.3, 0.4) is 0 Å². The van der Waals surface area contributed by atoms with Crippen LogP contribution in [0.15, 0.2) is 84.3 Å². The molecule has 0 atom stereocenters. The normalized spacial score (nSPS) is 14.6. The molecule has 0 radical (unpaired) electrons. The van der Waals surface area contributed by atoms with E-state index in [1.165, 1.54) is 9.71 Å². The molecule has 0 unspecified atom stereocenters. The lowest BCUT2D eigenvalue weighted by atomic mass is 10.0. The molecule has 200 valence electrons. The van der Waals surface area contributed by atoms with Crippen molar-refractivity contribution in [2.24, 2.45) is 0 Å². The van der Waals surface area contributed by atoms with Crippen LogP contribution < -0.4 is 9.47 Å². The molecule has 0 bridgehead atoms. The molecule has 39 heavy (non-hydrogen) atoms. The minimum absolute atomic E-state index is 0.160. The van der Waals surface area contributed by atoms with Crippen molar-refractivity contribution in [3.8, 4) is 22.8 Å². The maximum Gasteiger partial charge on any atom is 0.254 e. The number of carbonyl (C=O) groups is 1. The van der Waals surface area contributed by atoms with Gasteiger partial charge in [-0.25, -0.2) is 13.4 Å². The van der Waals surface area contributed by atoms with Gasteiger partial charge in [0.2, 0.25) is 10.0 Å². The van der Waals surface area contributed by atoms with Crippen LogP contribution in [-0.2, 0) is 10.0 Å². The number of benzene rings is 3. The average Bonchev–Trinajstić information content (AvgIpc) is 2.99. The summed E-state index contributed by atoms with van der Waals surface area (Å²) in [6.07, 6.45) is 1.59. The maximum absolute atomic E-state index is 13.8. The molecule has 2 heterocycles. The molecule has 4 aromatic rings. The minimum Gasteiger partial charge on any atom is -0.493 e. The van der Waals surface area contributed by atoms with E-state index in [-0.39, 0.29) is 19.0 Å². The van der Waals surface area contributed by atoms with E-state index in [0.717, 1.165) is 16.5 Å². The highest BCUT2D eigenvalue weighted by molar-refractivity contribution is 7.92. The van der Waals surface area contributed by atoms with Gasteiger partial charge in [-0.15, -0.1) is 0 Å². The van der Waals surface area contributed by atoms with E-state index in [1.54, 1.807) is 37.3 Å². The van der Waals surface area contributed by atoms with Gasteiger partial charge >= 0.3 is 0 Å². The second kappa shape index (κ2) is 11.3. The quantitative estimate of drug-likeness (QED) is 0.336. The standard InChI is InChI=1S/C30H29N3O5S/c1-37-28-13-12-23(20-29(28)38-2)27-21-25(24-10-6-7-11-26(24)31-27)30(34)32-15-17-33(18-16-32)39(35,36)19-14-22-8-4-3-5-9-22/h3-14,19-21H,15-18H2,1-2H3/b19-14+. The van der Waals surface area contributed by atoms with Crippen molar-refractivity contribution in [2.75, 3.05) is 40.4 Å². The zero-order valence-corrected chi connectivity index (χ0v) is 22.6. The number of ether oxygens (including phenoxy) is 2. The molecule has 9 heteroatoms. The first-order valence-corrected chi connectivity index (χ1v) is 14.0. The van der Waals surface area contributed by atoms with E-state index in [9.17, 15) is 13.2 Å². The van der Waals surface area contributed by atoms with Gasteiger partial charge in [0.05, 0.1) is 31.0 Å². The van der Waals surface area contributed by atoms with Gasteiger partial charge in [-0.05, 0) is 42.0 Å². The number of pyridine rings is 1. The smallest absolute Gasteiger partial charge is 0.254 e. The molecule has 3 aromatic carbocycles. The van der Waals surface area contributed by atoms with Crippen molar-refractivity contribution in [1.29, 1.82) is 0 Å². The number of carbonyl (C=O) groups excluding carboxylic acids is 1. The fraction of sp³-hybridized carbons (Fsp3) is 0.200. The van der Waals surface area contributed by atoms with Gasteiger partial charge in [-0.1, -0.05) is 48.5 Å². The summed E-state index contributed by atoms with van der Waals surface area (Å²) in [5.74, 6) is 1.01. The average molecular weight is 544 g/mol. The number of piperazine rings is 1. The Bertz CT molecular complexity index is 1630.